The second-order valence-electron chi connectivity index (χ2n) is 7.26. The van der Waals surface area contributed by atoms with Gasteiger partial charge in [-0.2, -0.15) is 5.10 Å². The summed E-state index contributed by atoms with van der Waals surface area (Å²) in [6.07, 6.45) is 4.01. The number of nitrogens with zero attached hydrogens (tertiary/aromatic N) is 4. The number of hydrogen-bond acceptors (Lipinski definition) is 2. The number of rotatable bonds is 3. The highest BCUT2D eigenvalue weighted by Gasteiger charge is 2.31. The number of benzene rings is 2. The number of fused-ring (bicyclic) bond motifs is 1. The Morgan fingerprint density at radius 2 is 1.76 bits per heavy atom. The third kappa shape index (κ3) is 3.13. The van der Waals surface area contributed by atoms with Gasteiger partial charge in [-0.3, -0.25) is 4.79 Å². The van der Waals surface area contributed by atoms with E-state index in [-0.39, 0.29) is 5.91 Å². The van der Waals surface area contributed by atoms with Gasteiger partial charge in [0.2, 0.25) is 0 Å². The van der Waals surface area contributed by atoms with Crippen LogP contribution in [0.4, 0.5) is 0 Å². The number of carbonyl (C=O) groups is 1. The van der Waals surface area contributed by atoms with E-state index in [1.54, 1.807) is 24.3 Å². The Balaban J connectivity index is 1.54. The van der Waals surface area contributed by atoms with Crippen molar-refractivity contribution in [1.82, 2.24) is 19.2 Å². The summed E-state index contributed by atoms with van der Waals surface area (Å²) in [5.74, 6) is 0.932. The van der Waals surface area contributed by atoms with Crippen molar-refractivity contribution in [3.05, 3.63) is 100 Å². The second kappa shape index (κ2) is 6.94. The Morgan fingerprint density at radius 3 is 2.48 bits per heavy atom. The van der Waals surface area contributed by atoms with Crippen molar-refractivity contribution in [3.63, 3.8) is 0 Å². The maximum Gasteiger partial charge on any atom is 0.254 e. The van der Waals surface area contributed by atoms with Crippen LogP contribution < -0.4 is 0 Å². The minimum atomic E-state index is -0.0363. The molecule has 1 aliphatic heterocycles. The number of halogens is 1. The van der Waals surface area contributed by atoms with Crippen LogP contribution in [0.15, 0.2) is 73.1 Å². The summed E-state index contributed by atoms with van der Waals surface area (Å²) in [5, 5.41) is 5.43. The molecule has 0 atom stereocenters. The average Bonchev–Trinajstić information content (AvgIpc) is 3.44. The molecular weight excluding hydrogens is 384 g/mol. The van der Waals surface area contributed by atoms with Crippen molar-refractivity contribution in [2.45, 2.75) is 20.0 Å². The van der Waals surface area contributed by atoms with Gasteiger partial charge >= 0.3 is 0 Å². The molecule has 0 N–H and O–H groups in total. The van der Waals surface area contributed by atoms with Gasteiger partial charge in [-0.1, -0.05) is 35.4 Å². The maximum atomic E-state index is 13.0. The molecule has 29 heavy (non-hydrogen) atoms. The van der Waals surface area contributed by atoms with Crippen molar-refractivity contribution < 1.29 is 4.79 Å². The monoisotopic (exact) mass is 402 g/mol. The third-order valence-electron chi connectivity index (χ3n) is 5.22. The molecule has 1 amide bonds. The predicted octanol–water partition coefficient (Wildman–Crippen LogP) is 4.78. The molecule has 6 heteroatoms. The summed E-state index contributed by atoms with van der Waals surface area (Å²) in [6, 6.07) is 19.3. The maximum absolute atomic E-state index is 13.0. The first-order valence-electron chi connectivity index (χ1n) is 9.46. The molecule has 0 aliphatic carbocycles. The van der Waals surface area contributed by atoms with E-state index < -0.39 is 0 Å². The minimum absolute atomic E-state index is 0.0363. The topological polar surface area (TPSA) is 43.1 Å². The van der Waals surface area contributed by atoms with Crippen LogP contribution in [0.25, 0.3) is 11.5 Å². The molecule has 0 spiro atoms. The van der Waals surface area contributed by atoms with Gasteiger partial charge in [-0.15, -0.1) is 0 Å². The standard InChI is InChI=1S/C23H19ClN4O/c1-16-7-9-19(10-8-16)28-22(26-11-2-3-12-26)20-14-27(15-21(20)25-28)23(29)17-5-4-6-18(24)13-17/h2-13H,14-15H2,1H3. The molecule has 2 aromatic carbocycles. The molecule has 0 saturated heterocycles. The highest BCUT2D eigenvalue weighted by atomic mass is 35.5. The average molecular weight is 403 g/mol. The van der Waals surface area contributed by atoms with E-state index in [1.807, 2.05) is 34.1 Å². The van der Waals surface area contributed by atoms with Crippen molar-refractivity contribution in [2.75, 3.05) is 0 Å². The van der Waals surface area contributed by atoms with Crippen LogP contribution in [0.1, 0.15) is 27.2 Å². The summed E-state index contributed by atoms with van der Waals surface area (Å²) < 4.78 is 4.02. The lowest BCUT2D eigenvalue weighted by atomic mass is 10.2. The van der Waals surface area contributed by atoms with Crippen LogP contribution in [-0.2, 0) is 13.1 Å². The molecule has 0 fully saturated rings. The smallest absolute Gasteiger partial charge is 0.254 e. The predicted molar refractivity (Wildman–Crippen MR) is 113 cm³/mol. The lowest BCUT2D eigenvalue weighted by molar-refractivity contribution is 0.0749. The fourth-order valence-electron chi connectivity index (χ4n) is 3.76. The molecule has 4 aromatic rings. The Bertz CT molecular complexity index is 1190. The van der Waals surface area contributed by atoms with E-state index in [4.69, 9.17) is 16.7 Å². The van der Waals surface area contributed by atoms with Crippen LogP contribution in [0.2, 0.25) is 5.02 Å². The summed E-state index contributed by atoms with van der Waals surface area (Å²) in [4.78, 5) is 14.8. The molecule has 0 saturated carbocycles. The largest absolute Gasteiger partial charge is 0.328 e. The third-order valence-corrected chi connectivity index (χ3v) is 5.45. The summed E-state index contributed by atoms with van der Waals surface area (Å²) in [5.41, 5.74) is 4.79. The zero-order valence-electron chi connectivity index (χ0n) is 15.9. The highest BCUT2D eigenvalue weighted by Crippen LogP contribution is 2.31. The first-order chi connectivity index (χ1) is 14.1. The fraction of sp³-hybridized carbons (Fsp3) is 0.130. The number of aryl methyl sites for hydroxylation is 1. The molecule has 2 aromatic heterocycles. The van der Waals surface area contributed by atoms with Crippen molar-refractivity contribution >= 4 is 17.5 Å². The molecule has 5 nitrogen and oxygen atoms in total. The zero-order chi connectivity index (χ0) is 20.0. The Kier molecular flexibility index (Phi) is 4.25. The molecular formula is C23H19ClN4O. The summed E-state index contributed by atoms with van der Waals surface area (Å²) >= 11 is 6.07. The summed E-state index contributed by atoms with van der Waals surface area (Å²) in [6.45, 7) is 3.06. The molecule has 1 aliphatic rings. The SMILES string of the molecule is Cc1ccc(-n2nc3c(c2-n2cccc2)CN(C(=O)c2cccc(Cl)c2)C3)cc1. The summed E-state index contributed by atoms with van der Waals surface area (Å²) in [7, 11) is 0. The molecule has 3 heterocycles. The number of amides is 1. The van der Waals surface area contributed by atoms with E-state index in [1.165, 1.54) is 5.56 Å². The fourth-order valence-corrected chi connectivity index (χ4v) is 3.95. The Morgan fingerprint density at radius 1 is 1.00 bits per heavy atom. The second-order valence-corrected chi connectivity index (χ2v) is 7.69. The molecule has 5 rings (SSSR count). The van der Waals surface area contributed by atoms with Crippen LogP contribution in [-0.4, -0.2) is 25.2 Å². The zero-order valence-corrected chi connectivity index (χ0v) is 16.7. The molecule has 144 valence electrons. The molecule has 0 bridgehead atoms. The van der Waals surface area contributed by atoms with Gasteiger partial charge in [-0.05, 0) is 49.4 Å². The minimum Gasteiger partial charge on any atom is -0.328 e. The van der Waals surface area contributed by atoms with E-state index in [2.05, 4.69) is 35.8 Å². The molecule has 0 radical (unpaired) electrons. The van der Waals surface area contributed by atoms with Crippen LogP contribution >= 0.6 is 11.6 Å². The van der Waals surface area contributed by atoms with Gasteiger partial charge in [-0.25, -0.2) is 4.68 Å². The van der Waals surface area contributed by atoms with Crippen LogP contribution in [0.3, 0.4) is 0 Å². The number of aromatic nitrogens is 3. The Hall–Kier alpha value is -3.31. The van der Waals surface area contributed by atoms with E-state index in [0.717, 1.165) is 22.8 Å². The van der Waals surface area contributed by atoms with Crippen molar-refractivity contribution in [3.8, 4) is 11.5 Å². The Labute approximate surface area is 173 Å². The van der Waals surface area contributed by atoms with Crippen LogP contribution in [0.5, 0.6) is 0 Å². The van der Waals surface area contributed by atoms with Gasteiger partial charge in [0, 0.05) is 28.5 Å². The quantitative estimate of drug-likeness (QED) is 0.495. The number of carbonyl (C=O) groups excluding carboxylic acids is 1. The van der Waals surface area contributed by atoms with Gasteiger partial charge in [0.15, 0.2) is 0 Å². The number of hydrogen-bond donors (Lipinski definition) is 0. The van der Waals surface area contributed by atoms with Gasteiger partial charge in [0.25, 0.3) is 5.91 Å². The van der Waals surface area contributed by atoms with Gasteiger partial charge in [0.1, 0.15) is 5.82 Å². The van der Waals surface area contributed by atoms with Gasteiger partial charge < -0.3 is 9.47 Å². The lowest BCUT2D eigenvalue weighted by Gasteiger charge is -2.18. The molecule has 0 unspecified atom stereocenters. The first-order valence-corrected chi connectivity index (χ1v) is 9.84. The van der Waals surface area contributed by atoms with Crippen molar-refractivity contribution in [2.24, 2.45) is 0 Å². The van der Waals surface area contributed by atoms with Crippen LogP contribution in [0, 0.1) is 6.92 Å². The lowest BCUT2D eigenvalue weighted by Crippen LogP contribution is -2.26. The van der Waals surface area contributed by atoms with E-state index >= 15 is 0 Å². The van der Waals surface area contributed by atoms with E-state index in [0.29, 0.717) is 23.7 Å². The highest BCUT2D eigenvalue weighted by molar-refractivity contribution is 6.30. The van der Waals surface area contributed by atoms with E-state index in [9.17, 15) is 4.79 Å². The normalized spacial score (nSPS) is 13.0. The first kappa shape index (κ1) is 17.8. The van der Waals surface area contributed by atoms with Crippen molar-refractivity contribution in [1.29, 1.82) is 0 Å². The van der Waals surface area contributed by atoms with Gasteiger partial charge in [0.05, 0.1) is 24.5 Å².